The average Bonchev–Trinajstić information content (AvgIpc) is 3.26. The molecule has 1 aromatic rings. The second kappa shape index (κ2) is 5.92. The summed E-state index contributed by atoms with van der Waals surface area (Å²) in [7, 11) is -1.49. The molecule has 7 nitrogen and oxygen atoms in total. The summed E-state index contributed by atoms with van der Waals surface area (Å²) in [6, 6.07) is 2.92. The summed E-state index contributed by atoms with van der Waals surface area (Å²) in [5.41, 5.74) is 0.544. The molecule has 1 saturated heterocycles. The molecule has 8 heteroatoms. The van der Waals surface area contributed by atoms with E-state index in [4.69, 9.17) is 0 Å². The molecule has 1 aromatic heterocycles. The summed E-state index contributed by atoms with van der Waals surface area (Å²) >= 11 is 0. The highest BCUT2D eigenvalue weighted by Crippen LogP contribution is 2.20. The number of nitrogens with one attached hydrogen (secondary N) is 1. The lowest BCUT2D eigenvalue weighted by Gasteiger charge is -2.23. The fourth-order valence-corrected chi connectivity index (χ4v) is 4.39. The van der Waals surface area contributed by atoms with Crippen molar-refractivity contribution in [3.8, 4) is 0 Å². The third-order valence-corrected chi connectivity index (χ3v) is 5.98. The van der Waals surface area contributed by atoms with E-state index in [0.717, 1.165) is 12.8 Å². The number of amides is 2. The van der Waals surface area contributed by atoms with Crippen LogP contribution in [-0.2, 0) is 9.84 Å². The largest absolute Gasteiger partial charge is 0.349 e. The maximum atomic E-state index is 12.5. The zero-order valence-corrected chi connectivity index (χ0v) is 13.7. The smallest absolute Gasteiger partial charge is 0.272 e. The third kappa shape index (κ3) is 3.69. The fourth-order valence-electron chi connectivity index (χ4n) is 2.61. The molecule has 124 valence electrons. The van der Waals surface area contributed by atoms with Gasteiger partial charge >= 0.3 is 0 Å². The Kier molecular flexibility index (Phi) is 4.09. The molecule has 1 N–H and O–H groups in total. The van der Waals surface area contributed by atoms with E-state index in [1.807, 2.05) is 0 Å². The lowest BCUT2D eigenvalue weighted by atomic mass is 10.1. The molecular formula is C15H19N3O4S. The van der Waals surface area contributed by atoms with Crippen LogP contribution in [0, 0.1) is 0 Å². The molecule has 0 aromatic carbocycles. The standard InChI is InChI=1S/C15H19N3O4S/c1-18(12-5-7-23(21,22)9-12)15(20)13-8-10(4-6-16-13)14(19)17-11-2-3-11/h4,6,8,11-12H,2-3,5,7,9H2,1H3,(H,17,19). The van der Waals surface area contributed by atoms with Gasteiger partial charge in [0.05, 0.1) is 11.5 Å². The van der Waals surface area contributed by atoms with Gasteiger partial charge in [0, 0.05) is 30.9 Å². The first-order valence-electron chi connectivity index (χ1n) is 7.60. The first kappa shape index (κ1) is 15.9. The van der Waals surface area contributed by atoms with Crippen molar-refractivity contribution in [3.63, 3.8) is 0 Å². The second-order valence-corrected chi connectivity index (χ2v) is 8.38. The van der Waals surface area contributed by atoms with Crippen molar-refractivity contribution in [2.45, 2.75) is 31.3 Å². The molecule has 2 heterocycles. The molecule has 0 radical (unpaired) electrons. The number of aromatic nitrogens is 1. The Morgan fingerprint density at radius 2 is 2.04 bits per heavy atom. The Bertz CT molecular complexity index is 743. The summed E-state index contributed by atoms with van der Waals surface area (Å²) in [5.74, 6) is -0.493. The van der Waals surface area contributed by atoms with Crippen molar-refractivity contribution in [2.24, 2.45) is 0 Å². The summed E-state index contributed by atoms with van der Waals surface area (Å²) in [4.78, 5) is 30.0. The highest BCUT2D eigenvalue weighted by Gasteiger charge is 2.33. The lowest BCUT2D eigenvalue weighted by Crippen LogP contribution is -2.38. The van der Waals surface area contributed by atoms with Crippen LogP contribution < -0.4 is 5.32 Å². The number of hydrogen-bond donors (Lipinski definition) is 1. The Morgan fingerprint density at radius 1 is 1.30 bits per heavy atom. The van der Waals surface area contributed by atoms with Gasteiger partial charge in [-0.15, -0.1) is 0 Å². The van der Waals surface area contributed by atoms with E-state index in [0.29, 0.717) is 12.0 Å². The van der Waals surface area contributed by atoms with Crippen molar-refractivity contribution in [1.29, 1.82) is 0 Å². The molecule has 1 aliphatic carbocycles. The number of carbonyl (C=O) groups excluding carboxylic acids is 2. The van der Waals surface area contributed by atoms with Crippen LogP contribution in [0.25, 0.3) is 0 Å². The predicted octanol–water partition coefficient (Wildman–Crippen LogP) is 0.233. The van der Waals surface area contributed by atoms with Crippen LogP contribution in [-0.4, -0.2) is 60.8 Å². The van der Waals surface area contributed by atoms with E-state index in [1.165, 1.54) is 17.2 Å². The highest BCUT2D eigenvalue weighted by atomic mass is 32.2. The molecule has 3 rings (SSSR count). The van der Waals surface area contributed by atoms with Gasteiger partial charge < -0.3 is 10.2 Å². The van der Waals surface area contributed by atoms with Crippen molar-refractivity contribution < 1.29 is 18.0 Å². The van der Waals surface area contributed by atoms with Gasteiger partial charge in [-0.05, 0) is 31.4 Å². The molecular weight excluding hydrogens is 318 g/mol. The van der Waals surface area contributed by atoms with Crippen LogP contribution in [0.15, 0.2) is 18.3 Å². The quantitative estimate of drug-likeness (QED) is 0.848. The minimum atomic E-state index is -3.06. The van der Waals surface area contributed by atoms with Crippen molar-refractivity contribution in [3.05, 3.63) is 29.6 Å². The second-order valence-electron chi connectivity index (χ2n) is 6.15. The van der Waals surface area contributed by atoms with Gasteiger partial charge in [-0.25, -0.2) is 8.42 Å². The van der Waals surface area contributed by atoms with E-state index in [-0.39, 0.29) is 41.1 Å². The number of hydrogen-bond acceptors (Lipinski definition) is 5. The van der Waals surface area contributed by atoms with Gasteiger partial charge in [-0.3, -0.25) is 14.6 Å². The van der Waals surface area contributed by atoms with Gasteiger partial charge in [0.2, 0.25) is 0 Å². The normalized spacial score (nSPS) is 22.6. The first-order valence-corrected chi connectivity index (χ1v) is 9.42. The number of pyridine rings is 1. The number of sulfone groups is 1. The lowest BCUT2D eigenvalue weighted by molar-refractivity contribution is 0.0742. The molecule has 23 heavy (non-hydrogen) atoms. The zero-order valence-electron chi connectivity index (χ0n) is 12.9. The summed E-state index contributed by atoms with van der Waals surface area (Å²) in [6.07, 6.45) is 3.84. The van der Waals surface area contributed by atoms with Gasteiger partial charge in [0.15, 0.2) is 9.84 Å². The highest BCUT2D eigenvalue weighted by molar-refractivity contribution is 7.91. The number of carbonyl (C=O) groups is 2. The zero-order chi connectivity index (χ0) is 16.6. The van der Waals surface area contributed by atoms with Gasteiger partial charge in [-0.2, -0.15) is 0 Å². The van der Waals surface area contributed by atoms with Gasteiger partial charge in [0.1, 0.15) is 5.69 Å². The fraction of sp³-hybridized carbons (Fsp3) is 0.533. The topological polar surface area (TPSA) is 96.4 Å². The van der Waals surface area contributed by atoms with Crippen LogP contribution in [0.3, 0.4) is 0 Å². The Balaban J connectivity index is 1.72. The number of rotatable bonds is 4. The van der Waals surface area contributed by atoms with Crippen LogP contribution in [0.4, 0.5) is 0 Å². The molecule has 2 aliphatic rings. The maximum Gasteiger partial charge on any atom is 0.272 e. The SMILES string of the molecule is CN(C(=O)c1cc(C(=O)NC2CC2)ccn1)C1CCS(=O)(=O)C1. The molecule has 1 atom stereocenters. The minimum Gasteiger partial charge on any atom is -0.349 e. The van der Waals surface area contributed by atoms with Crippen LogP contribution in [0.2, 0.25) is 0 Å². The van der Waals surface area contributed by atoms with E-state index in [9.17, 15) is 18.0 Å². The Labute approximate surface area is 135 Å². The van der Waals surface area contributed by atoms with E-state index < -0.39 is 9.84 Å². The summed E-state index contributed by atoms with van der Waals surface area (Å²) in [6.45, 7) is 0. The van der Waals surface area contributed by atoms with Crippen LogP contribution >= 0.6 is 0 Å². The maximum absolute atomic E-state index is 12.5. The monoisotopic (exact) mass is 337 g/mol. The van der Waals surface area contributed by atoms with E-state index >= 15 is 0 Å². The molecule has 1 aliphatic heterocycles. The van der Waals surface area contributed by atoms with Gasteiger partial charge in [0.25, 0.3) is 11.8 Å². The average molecular weight is 337 g/mol. The molecule has 1 saturated carbocycles. The Hall–Kier alpha value is -1.96. The van der Waals surface area contributed by atoms with E-state index in [2.05, 4.69) is 10.3 Å². The summed E-state index contributed by atoms with van der Waals surface area (Å²) < 4.78 is 23.1. The third-order valence-electron chi connectivity index (χ3n) is 4.23. The van der Waals surface area contributed by atoms with Crippen LogP contribution in [0.5, 0.6) is 0 Å². The molecule has 2 fully saturated rings. The van der Waals surface area contributed by atoms with E-state index in [1.54, 1.807) is 13.1 Å². The molecule has 1 unspecified atom stereocenters. The molecule has 0 spiro atoms. The Morgan fingerprint density at radius 3 is 2.65 bits per heavy atom. The van der Waals surface area contributed by atoms with Crippen LogP contribution in [0.1, 0.15) is 40.1 Å². The molecule has 0 bridgehead atoms. The van der Waals surface area contributed by atoms with Crippen molar-refractivity contribution >= 4 is 21.7 Å². The molecule has 2 amide bonds. The van der Waals surface area contributed by atoms with Crippen molar-refractivity contribution in [1.82, 2.24) is 15.2 Å². The van der Waals surface area contributed by atoms with Crippen molar-refractivity contribution in [2.75, 3.05) is 18.6 Å². The summed E-state index contributed by atoms with van der Waals surface area (Å²) in [5, 5.41) is 2.86. The number of nitrogens with zero attached hydrogens (tertiary/aromatic N) is 2. The first-order chi connectivity index (χ1) is 10.9. The minimum absolute atomic E-state index is 0.0168. The predicted molar refractivity (Wildman–Crippen MR) is 83.9 cm³/mol. The van der Waals surface area contributed by atoms with Gasteiger partial charge in [-0.1, -0.05) is 0 Å².